The highest BCUT2D eigenvalue weighted by molar-refractivity contribution is 6.29. The summed E-state index contributed by atoms with van der Waals surface area (Å²) in [5.41, 5.74) is 0. The molecule has 2 saturated heterocycles. The average molecular weight is 451 g/mol. The normalized spacial score (nSPS) is 20.4. The third-order valence-corrected chi connectivity index (χ3v) is 5.02. The first-order chi connectivity index (χ1) is 15.0. The van der Waals surface area contributed by atoms with Gasteiger partial charge in [-0.05, 0) is 32.2 Å². The highest BCUT2D eigenvalue weighted by atomic mass is 35.5. The van der Waals surface area contributed by atoms with Crippen molar-refractivity contribution in [1.29, 1.82) is 0 Å². The minimum Gasteiger partial charge on any atom is -0.481 e. The molecule has 4 heterocycles. The van der Waals surface area contributed by atoms with Gasteiger partial charge in [-0.2, -0.15) is 0 Å². The predicted molar refractivity (Wildman–Crippen MR) is 115 cm³/mol. The summed E-state index contributed by atoms with van der Waals surface area (Å²) < 4.78 is 0. The van der Waals surface area contributed by atoms with Crippen molar-refractivity contribution in [2.45, 2.75) is 25.7 Å². The molecule has 2 fully saturated rings. The second kappa shape index (κ2) is 13.5. The number of rotatable bonds is 3. The maximum Gasteiger partial charge on any atom is 0.308 e. The Morgan fingerprint density at radius 2 is 1.65 bits per heavy atom. The first-order valence-corrected chi connectivity index (χ1v) is 10.4. The number of halogens is 1. The number of aromatic nitrogens is 4. The third-order valence-electron chi connectivity index (χ3n) is 4.82. The minimum atomic E-state index is -0.719. The molecule has 0 bridgehead atoms. The van der Waals surface area contributed by atoms with Crippen LogP contribution in [0.2, 0.25) is 5.15 Å². The molecule has 0 radical (unpaired) electrons. The van der Waals surface area contributed by atoms with Crippen LogP contribution in [0, 0.1) is 11.8 Å². The number of piperidine rings is 2. The van der Waals surface area contributed by atoms with E-state index in [1.807, 2.05) is 4.90 Å². The van der Waals surface area contributed by atoms with Gasteiger partial charge in [0.15, 0.2) is 0 Å². The molecular formula is C20H27ClN6O4. The van der Waals surface area contributed by atoms with Gasteiger partial charge >= 0.3 is 11.9 Å². The second-order valence-corrected chi connectivity index (χ2v) is 7.48. The SMILES string of the molecule is Clc1cnccn1.O=C(O)[C@H]1CCCN(c2cnccn2)C1.O=C(O)[C@H]1CCCNC1. The van der Waals surface area contributed by atoms with Gasteiger partial charge in [0.05, 0.1) is 24.2 Å². The molecule has 0 aromatic carbocycles. The van der Waals surface area contributed by atoms with E-state index in [2.05, 4.69) is 25.3 Å². The number of carboxylic acid groups (broad SMARTS) is 2. The number of carbonyl (C=O) groups is 2. The predicted octanol–water partition coefficient (Wildman–Crippen LogP) is 1.98. The van der Waals surface area contributed by atoms with E-state index in [1.165, 1.54) is 6.20 Å². The molecule has 11 heteroatoms. The number of aliphatic carboxylic acids is 2. The second-order valence-electron chi connectivity index (χ2n) is 7.10. The summed E-state index contributed by atoms with van der Waals surface area (Å²) in [4.78, 5) is 38.7. The smallest absolute Gasteiger partial charge is 0.308 e. The lowest BCUT2D eigenvalue weighted by molar-refractivity contribution is -0.143. The van der Waals surface area contributed by atoms with Crippen molar-refractivity contribution in [3.05, 3.63) is 42.3 Å². The highest BCUT2D eigenvalue weighted by Crippen LogP contribution is 2.20. The van der Waals surface area contributed by atoms with Crippen LogP contribution in [-0.4, -0.2) is 68.3 Å². The van der Waals surface area contributed by atoms with E-state index in [9.17, 15) is 9.59 Å². The van der Waals surface area contributed by atoms with Crippen LogP contribution in [0.5, 0.6) is 0 Å². The molecule has 10 nitrogen and oxygen atoms in total. The number of nitrogens with zero attached hydrogens (tertiary/aromatic N) is 5. The molecule has 2 aromatic rings. The van der Waals surface area contributed by atoms with Crippen molar-refractivity contribution in [2.24, 2.45) is 11.8 Å². The van der Waals surface area contributed by atoms with E-state index in [4.69, 9.17) is 21.8 Å². The number of hydrogen-bond acceptors (Lipinski definition) is 8. The van der Waals surface area contributed by atoms with Gasteiger partial charge in [-0.25, -0.2) is 9.97 Å². The largest absolute Gasteiger partial charge is 0.481 e. The van der Waals surface area contributed by atoms with Gasteiger partial charge < -0.3 is 20.4 Å². The minimum absolute atomic E-state index is 0.140. The van der Waals surface area contributed by atoms with Gasteiger partial charge in [-0.1, -0.05) is 11.6 Å². The summed E-state index contributed by atoms with van der Waals surface area (Å²) in [5, 5.41) is 20.9. The van der Waals surface area contributed by atoms with E-state index in [0.717, 1.165) is 44.6 Å². The lowest BCUT2D eigenvalue weighted by atomic mass is 9.98. The molecule has 2 atom stereocenters. The summed E-state index contributed by atoms with van der Waals surface area (Å²) >= 11 is 5.37. The Bertz CT molecular complexity index is 793. The Morgan fingerprint density at radius 3 is 2.10 bits per heavy atom. The molecule has 3 N–H and O–H groups in total. The maximum atomic E-state index is 10.9. The Labute approximate surface area is 185 Å². The first-order valence-electron chi connectivity index (χ1n) is 10.1. The summed E-state index contributed by atoms with van der Waals surface area (Å²) in [6, 6.07) is 0. The quantitative estimate of drug-likeness (QED) is 0.635. The monoisotopic (exact) mass is 450 g/mol. The fourth-order valence-corrected chi connectivity index (χ4v) is 3.30. The average Bonchev–Trinajstić information content (AvgIpc) is 2.82. The topological polar surface area (TPSA) is 141 Å². The summed E-state index contributed by atoms with van der Waals surface area (Å²) in [6.45, 7) is 3.02. The summed E-state index contributed by atoms with van der Waals surface area (Å²) in [5.74, 6) is -1.03. The molecule has 2 aliphatic heterocycles. The molecule has 0 amide bonds. The molecule has 0 aliphatic carbocycles. The summed E-state index contributed by atoms with van der Waals surface area (Å²) in [7, 11) is 0. The molecule has 31 heavy (non-hydrogen) atoms. The van der Waals surface area contributed by atoms with Crippen LogP contribution < -0.4 is 10.2 Å². The Hall–Kier alpha value is -2.85. The zero-order valence-electron chi connectivity index (χ0n) is 17.1. The number of anilines is 1. The zero-order chi connectivity index (χ0) is 22.5. The van der Waals surface area contributed by atoms with E-state index in [1.54, 1.807) is 31.0 Å². The molecule has 2 aliphatic rings. The van der Waals surface area contributed by atoms with E-state index in [0.29, 0.717) is 18.2 Å². The van der Waals surface area contributed by atoms with Gasteiger partial charge in [-0.3, -0.25) is 19.6 Å². The van der Waals surface area contributed by atoms with Gasteiger partial charge in [0.25, 0.3) is 0 Å². The fourth-order valence-electron chi connectivity index (χ4n) is 3.18. The van der Waals surface area contributed by atoms with Crippen molar-refractivity contribution < 1.29 is 19.8 Å². The van der Waals surface area contributed by atoms with Crippen LogP contribution in [0.15, 0.2) is 37.2 Å². The molecule has 0 spiro atoms. The first kappa shape index (κ1) is 24.4. The van der Waals surface area contributed by atoms with Crippen molar-refractivity contribution in [3.63, 3.8) is 0 Å². The van der Waals surface area contributed by atoms with E-state index in [-0.39, 0.29) is 11.8 Å². The number of nitrogens with one attached hydrogen (secondary N) is 1. The number of hydrogen-bond donors (Lipinski definition) is 3. The van der Waals surface area contributed by atoms with Gasteiger partial charge in [0.1, 0.15) is 11.0 Å². The molecular weight excluding hydrogens is 424 g/mol. The zero-order valence-corrected chi connectivity index (χ0v) is 17.9. The fraction of sp³-hybridized carbons (Fsp3) is 0.500. The van der Waals surface area contributed by atoms with Crippen LogP contribution in [0.1, 0.15) is 25.7 Å². The summed E-state index contributed by atoms with van der Waals surface area (Å²) in [6.07, 6.45) is 13.0. The number of carboxylic acids is 2. The Balaban J connectivity index is 0.000000181. The van der Waals surface area contributed by atoms with Crippen LogP contribution >= 0.6 is 11.6 Å². The molecule has 4 rings (SSSR count). The van der Waals surface area contributed by atoms with Crippen LogP contribution in [0.4, 0.5) is 5.82 Å². The Kier molecular flexibility index (Phi) is 10.6. The van der Waals surface area contributed by atoms with Crippen LogP contribution in [0.25, 0.3) is 0 Å². The molecule has 0 saturated carbocycles. The van der Waals surface area contributed by atoms with Crippen molar-refractivity contribution in [3.8, 4) is 0 Å². The molecule has 2 aromatic heterocycles. The van der Waals surface area contributed by atoms with Crippen molar-refractivity contribution >= 4 is 29.4 Å². The highest BCUT2D eigenvalue weighted by Gasteiger charge is 2.25. The van der Waals surface area contributed by atoms with E-state index >= 15 is 0 Å². The molecule has 0 unspecified atom stereocenters. The van der Waals surface area contributed by atoms with Crippen LogP contribution in [0.3, 0.4) is 0 Å². The van der Waals surface area contributed by atoms with Gasteiger partial charge in [-0.15, -0.1) is 0 Å². The lowest BCUT2D eigenvalue weighted by Gasteiger charge is -2.31. The standard InChI is InChI=1S/C10H13N3O2.C6H11NO2.C4H3ClN2/c14-10(15)8-2-1-5-13(7-8)9-6-11-3-4-12-9;8-6(9)5-2-1-3-7-4-5;5-4-3-6-1-2-7-4/h3-4,6,8H,1-2,5,7H2,(H,14,15);5,7H,1-4H2,(H,8,9);1-3H/t8-;5-;/m00./s1. The van der Waals surface area contributed by atoms with Gasteiger partial charge in [0, 0.05) is 44.4 Å². The van der Waals surface area contributed by atoms with E-state index < -0.39 is 11.9 Å². The molecule has 168 valence electrons. The third kappa shape index (κ3) is 9.22. The van der Waals surface area contributed by atoms with Crippen molar-refractivity contribution in [1.82, 2.24) is 25.3 Å². The maximum absolute atomic E-state index is 10.9. The van der Waals surface area contributed by atoms with Crippen molar-refractivity contribution in [2.75, 3.05) is 31.1 Å². The lowest BCUT2D eigenvalue weighted by Crippen LogP contribution is -2.39. The Morgan fingerprint density at radius 1 is 0.968 bits per heavy atom. The van der Waals surface area contributed by atoms with Crippen LogP contribution in [-0.2, 0) is 9.59 Å². The van der Waals surface area contributed by atoms with Gasteiger partial charge in [0.2, 0.25) is 0 Å².